The summed E-state index contributed by atoms with van der Waals surface area (Å²) in [7, 11) is 0. The predicted molar refractivity (Wildman–Crippen MR) is 82.6 cm³/mol. The summed E-state index contributed by atoms with van der Waals surface area (Å²) in [6.45, 7) is 2.71. The third-order valence-electron chi connectivity index (χ3n) is 4.50. The van der Waals surface area contributed by atoms with Crippen LogP contribution in [0.2, 0.25) is 0 Å². The van der Waals surface area contributed by atoms with E-state index in [0.717, 1.165) is 22.4 Å². The largest absolute Gasteiger partial charge is 0.406 e. The van der Waals surface area contributed by atoms with Crippen molar-refractivity contribution in [3.8, 4) is 6.07 Å². The van der Waals surface area contributed by atoms with Crippen LogP contribution in [-0.4, -0.2) is 39.4 Å². The molecule has 1 aromatic heterocycles. The number of alkyl halides is 3. The van der Waals surface area contributed by atoms with Gasteiger partial charge in [-0.3, -0.25) is 9.59 Å². The van der Waals surface area contributed by atoms with Crippen molar-refractivity contribution in [2.24, 2.45) is 5.92 Å². The van der Waals surface area contributed by atoms with Crippen LogP contribution in [0.1, 0.15) is 36.6 Å². The van der Waals surface area contributed by atoms with Gasteiger partial charge >= 0.3 is 6.18 Å². The molecular formula is C16H19F3N4O2. The van der Waals surface area contributed by atoms with Crippen molar-refractivity contribution < 1.29 is 18.0 Å². The molecule has 9 heteroatoms. The quantitative estimate of drug-likeness (QED) is 0.807. The first-order valence-electron chi connectivity index (χ1n) is 7.89. The molecule has 136 valence electrons. The van der Waals surface area contributed by atoms with Crippen molar-refractivity contribution in [3.05, 3.63) is 27.2 Å². The maximum atomic E-state index is 12.8. The molecule has 1 aliphatic carbocycles. The Morgan fingerprint density at radius 3 is 2.52 bits per heavy atom. The third-order valence-corrected chi connectivity index (χ3v) is 4.50. The Kier molecular flexibility index (Phi) is 5.20. The number of nitriles is 1. The summed E-state index contributed by atoms with van der Waals surface area (Å²) < 4.78 is 39.3. The lowest BCUT2D eigenvalue weighted by atomic mass is 10.1. The zero-order valence-electron chi connectivity index (χ0n) is 14.2. The molecule has 1 aliphatic rings. The lowest BCUT2D eigenvalue weighted by molar-refractivity contribution is -0.166. The Balaban J connectivity index is 2.31. The molecule has 1 amide bonds. The second kappa shape index (κ2) is 6.86. The molecule has 0 aromatic carbocycles. The van der Waals surface area contributed by atoms with Crippen LogP contribution in [0.15, 0.2) is 4.79 Å². The SMILES string of the molecule is Cc1nn(CC(=O)N(CC(F)(F)F)[C@H](C)C2CC2)c(=O)c(C#N)c1C. The highest BCUT2D eigenvalue weighted by Gasteiger charge is 2.40. The van der Waals surface area contributed by atoms with Gasteiger partial charge in [0, 0.05) is 6.04 Å². The molecule has 0 radical (unpaired) electrons. The monoisotopic (exact) mass is 356 g/mol. The molecule has 1 heterocycles. The molecule has 1 saturated carbocycles. The van der Waals surface area contributed by atoms with E-state index in [2.05, 4.69) is 5.10 Å². The third kappa shape index (κ3) is 4.38. The smallest absolute Gasteiger partial charge is 0.329 e. The normalized spacial score (nSPS) is 15.6. The van der Waals surface area contributed by atoms with Gasteiger partial charge in [-0.2, -0.15) is 23.5 Å². The van der Waals surface area contributed by atoms with E-state index in [1.165, 1.54) is 0 Å². The molecule has 0 unspecified atom stereocenters. The average molecular weight is 356 g/mol. The molecular weight excluding hydrogens is 337 g/mol. The Morgan fingerprint density at radius 1 is 1.44 bits per heavy atom. The van der Waals surface area contributed by atoms with Gasteiger partial charge in [-0.1, -0.05) is 0 Å². The summed E-state index contributed by atoms with van der Waals surface area (Å²) in [4.78, 5) is 25.4. The van der Waals surface area contributed by atoms with Gasteiger partial charge in [-0.05, 0) is 45.1 Å². The van der Waals surface area contributed by atoms with E-state index in [4.69, 9.17) is 5.26 Å². The number of rotatable bonds is 5. The summed E-state index contributed by atoms with van der Waals surface area (Å²) in [5, 5.41) is 13.0. The number of amides is 1. The second-order valence-electron chi connectivity index (χ2n) is 6.37. The fourth-order valence-corrected chi connectivity index (χ4v) is 2.72. The number of carbonyl (C=O) groups is 1. The zero-order valence-corrected chi connectivity index (χ0v) is 14.2. The van der Waals surface area contributed by atoms with E-state index < -0.39 is 36.8 Å². The minimum atomic E-state index is -4.53. The van der Waals surface area contributed by atoms with Crippen LogP contribution in [0, 0.1) is 31.1 Å². The second-order valence-corrected chi connectivity index (χ2v) is 6.37. The highest BCUT2D eigenvalue weighted by Crippen LogP contribution is 2.36. The summed E-state index contributed by atoms with van der Waals surface area (Å²) in [5.41, 5.74) is -0.154. The highest BCUT2D eigenvalue weighted by molar-refractivity contribution is 5.76. The van der Waals surface area contributed by atoms with Gasteiger partial charge in [-0.15, -0.1) is 0 Å². The standard InChI is InChI=1S/C16H19F3N4O2/c1-9-10(2)21-23(15(25)13(9)6-20)7-14(24)22(8-16(17,18)19)11(3)12-4-5-12/h11-12H,4-5,7-8H2,1-3H3/t11-/m1/s1. The van der Waals surface area contributed by atoms with Crippen LogP contribution in [-0.2, 0) is 11.3 Å². The van der Waals surface area contributed by atoms with Crippen LogP contribution in [0.5, 0.6) is 0 Å². The molecule has 2 rings (SSSR count). The number of aryl methyl sites for hydroxylation is 1. The Morgan fingerprint density at radius 2 is 2.04 bits per heavy atom. The molecule has 1 fully saturated rings. The number of carbonyl (C=O) groups excluding carboxylic acids is 1. The van der Waals surface area contributed by atoms with E-state index in [9.17, 15) is 22.8 Å². The first kappa shape index (κ1) is 19.0. The van der Waals surface area contributed by atoms with E-state index in [1.807, 2.05) is 0 Å². The fourth-order valence-electron chi connectivity index (χ4n) is 2.72. The van der Waals surface area contributed by atoms with Crippen molar-refractivity contribution in [2.45, 2.75) is 52.4 Å². The number of halogens is 3. The lowest BCUT2D eigenvalue weighted by Gasteiger charge is -2.30. The van der Waals surface area contributed by atoms with Gasteiger partial charge in [0.05, 0.1) is 5.69 Å². The van der Waals surface area contributed by atoms with E-state index in [-0.39, 0.29) is 11.5 Å². The topological polar surface area (TPSA) is 79.0 Å². The number of hydrogen-bond donors (Lipinski definition) is 0. The van der Waals surface area contributed by atoms with Gasteiger partial charge in [0.1, 0.15) is 24.7 Å². The average Bonchev–Trinajstić information content (AvgIpc) is 3.34. The van der Waals surface area contributed by atoms with Crippen molar-refractivity contribution in [3.63, 3.8) is 0 Å². The van der Waals surface area contributed by atoms with Crippen LogP contribution in [0.3, 0.4) is 0 Å². The minimum Gasteiger partial charge on any atom is -0.329 e. The molecule has 0 N–H and O–H groups in total. The van der Waals surface area contributed by atoms with Crippen molar-refractivity contribution in [2.75, 3.05) is 6.54 Å². The summed E-state index contributed by atoms with van der Waals surface area (Å²) in [6.07, 6.45) is -2.97. The molecule has 0 saturated heterocycles. The van der Waals surface area contributed by atoms with Gasteiger partial charge in [0.15, 0.2) is 0 Å². The van der Waals surface area contributed by atoms with Gasteiger partial charge in [0.25, 0.3) is 5.56 Å². The van der Waals surface area contributed by atoms with Gasteiger partial charge < -0.3 is 4.90 Å². The minimum absolute atomic E-state index is 0.0467. The van der Waals surface area contributed by atoms with Gasteiger partial charge in [-0.25, -0.2) is 4.68 Å². The number of hydrogen-bond acceptors (Lipinski definition) is 4. The van der Waals surface area contributed by atoms with Crippen molar-refractivity contribution in [1.82, 2.24) is 14.7 Å². The summed E-state index contributed by atoms with van der Waals surface area (Å²) in [6, 6.07) is 1.20. The Hall–Kier alpha value is -2.37. The summed E-state index contributed by atoms with van der Waals surface area (Å²) in [5.74, 6) is -0.788. The Labute approximate surface area is 142 Å². The van der Waals surface area contributed by atoms with Crippen LogP contribution < -0.4 is 5.56 Å². The van der Waals surface area contributed by atoms with Crippen LogP contribution >= 0.6 is 0 Å². The maximum absolute atomic E-state index is 12.8. The molecule has 1 aromatic rings. The molecule has 0 spiro atoms. The number of nitrogens with zero attached hydrogens (tertiary/aromatic N) is 4. The molecule has 6 nitrogen and oxygen atoms in total. The lowest BCUT2D eigenvalue weighted by Crippen LogP contribution is -2.48. The van der Waals surface area contributed by atoms with Gasteiger partial charge in [0.2, 0.25) is 5.91 Å². The van der Waals surface area contributed by atoms with Crippen LogP contribution in [0.25, 0.3) is 0 Å². The van der Waals surface area contributed by atoms with Crippen LogP contribution in [0.4, 0.5) is 13.2 Å². The van der Waals surface area contributed by atoms with Crippen molar-refractivity contribution >= 4 is 5.91 Å². The molecule has 1 atom stereocenters. The zero-order chi connectivity index (χ0) is 18.9. The van der Waals surface area contributed by atoms with E-state index >= 15 is 0 Å². The van der Waals surface area contributed by atoms with E-state index in [1.54, 1.807) is 26.8 Å². The molecule has 25 heavy (non-hydrogen) atoms. The number of aromatic nitrogens is 2. The first-order valence-corrected chi connectivity index (χ1v) is 7.89. The van der Waals surface area contributed by atoms with Crippen molar-refractivity contribution in [1.29, 1.82) is 5.26 Å². The molecule has 0 aliphatic heterocycles. The first-order chi connectivity index (χ1) is 11.5. The molecule has 0 bridgehead atoms. The maximum Gasteiger partial charge on any atom is 0.406 e. The highest BCUT2D eigenvalue weighted by atomic mass is 19.4. The van der Waals surface area contributed by atoms with E-state index in [0.29, 0.717) is 11.3 Å². The fraction of sp³-hybridized carbons (Fsp3) is 0.625. The predicted octanol–water partition coefficient (Wildman–Crippen LogP) is 1.92. The Bertz CT molecular complexity index is 775. The summed E-state index contributed by atoms with van der Waals surface area (Å²) >= 11 is 0.